The van der Waals surface area contributed by atoms with Crippen LogP contribution in [0.15, 0.2) is 0 Å². The first-order valence-corrected chi connectivity index (χ1v) is 4.62. The molecule has 0 aromatic heterocycles. The van der Waals surface area contributed by atoms with Crippen LogP contribution < -0.4 is 5.73 Å². The van der Waals surface area contributed by atoms with Crippen molar-refractivity contribution in [3.05, 3.63) is 0 Å². The second kappa shape index (κ2) is 4.07. The van der Waals surface area contributed by atoms with E-state index in [2.05, 4.69) is 0 Å². The van der Waals surface area contributed by atoms with Gasteiger partial charge in [-0.2, -0.15) is 0 Å². The summed E-state index contributed by atoms with van der Waals surface area (Å²) in [5.41, 5.74) is 5.77. The Kier molecular flexibility index (Phi) is 3.34. The first-order chi connectivity index (χ1) is 5.18. The van der Waals surface area contributed by atoms with E-state index in [0.29, 0.717) is 6.04 Å². The fourth-order valence-corrected chi connectivity index (χ4v) is 1.91. The van der Waals surface area contributed by atoms with Gasteiger partial charge in [0, 0.05) is 6.04 Å². The molecule has 3 N–H and O–H groups in total. The minimum atomic E-state index is -0.130. The van der Waals surface area contributed by atoms with Crippen LogP contribution in [0.5, 0.6) is 0 Å². The smallest absolute Gasteiger partial charge is 0.0514 e. The molecule has 0 spiro atoms. The Morgan fingerprint density at radius 2 is 1.91 bits per heavy atom. The van der Waals surface area contributed by atoms with Gasteiger partial charge in [0.25, 0.3) is 0 Å². The standard InChI is InChI=1S/C9H19NO/c1-7(11)6-8-2-4-9(10)5-3-8/h7-9,11H,2-6,10H2,1H3. The Labute approximate surface area is 68.8 Å². The molecule has 1 rings (SSSR count). The number of hydrogen-bond donors (Lipinski definition) is 2. The van der Waals surface area contributed by atoms with Crippen LogP contribution in [-0.4, -0.2) is 17.3 Å². The molecule has 0 saturated heterocycles. The van der Waals surface area contributed by atoms with Gasteiger partial charge in [-0.15, -0.1) is 0 Å². The Morgan fingerprint density at radius 3 is 2.36 bits per heavy atom. The SMILES string of the molecule is CC(O)CC1CCC(N)CC1. The summed E-state index contributed by atoms with van der Waals surface area (Å²) in [4.78, 5) is 0. The lowest BCUT2D eigenvalue weighted by Gasteiger charge is -2.26. The molecule has 0 amide bonds. The zero-order chi connectivity index (χ0) is 8.27. The number of rotatable bonds is 2. The molecule has 1 aliphatic rings. The van der Waals surface area contributed by atoms with Crippen molar-refractivity contribution in [1.82, 2.24) is 0 Å². The van der Waals surface area contributed by atoms with Gasteiger partial charge in [-0.3, -0.25) is 0 Å². The van der Waals surface area contributed by atoms with Crippen LogP contribution in [0, 0.1) is 5.92 Å². The van der Waals surface area contributed by atoms with Crippen molar-refractivity contribution in [3.63, 3.8) is 0 Å². The zero-order valence-electron chi connectivity index (χ0n) is 7.29. The van der Waals surface area contributed by atoms with Crippen molar-refractivity contribution in [2.45, 2.75) is 51.2 Å². The highest BCUT2D eigenvalue weighted by Crippen LogP contribution is 2.26. The highest BCUT2D eigenvalue weighted by Gasteiger charge is 2.19. The molecule has 0 aliphatic heterocycles. The average Bonchev–Trinajstić information content (AvgIpc) is 1.93. The second-order valence-electron chi connectivity index (χ2n) is 3.87. The van der Waals surface area contributed by atoms with Gasteiger partial charge < -0.3 is 10.8 Å². The van der Waals surface area contributed by atoms with Gasteiger partial charge in [-0.05, 0) is 44.9 Å². The van der Waals surface area contributed by atoms with E-state index in [0.717, 1.165) is 25.2 Å². The lowest BCUT2D eigenvalue weighted by atomic mass is 9.83. The summed E-state index contributed by atoms with van der Waals surface area (Å²) in [6.45, 7) is 1.87. The van der Waals surface area contributed by atoms with E-state index in [4.69, 9.17) is 10.8 Å². The Morgan fingerprint density at radius 1 is 1.36 bits per heavy atom. The maximum atomic E-state index is 9.14. The van der Waals surface area contributed by atoms with Crippen LogP contribution in [0.25, 0.3) is 0 Å². The van der Waals surface area contributed by atoms with Crippen molar-refractivity contribution in [1.29, 1.82) is 0 Å². The van der Waals surface area contributed by atoms with Crippen molar-refractivity contribution in [3.8, 4) is 0 Å². The molecule has 2 heteroatoms. The summed E-state index contributed by atoms with van der Waals surface area (Å²) >= 11 is 0. The van der Waals surface area contributed by atoms with Crippen LogP contribution in [0.2, 0.25) is 0 Å². The van der Waals surface area contributed by atoms with Crippen molar-refractivity contribution in [2.75, 3.05) is 0 Å². The van der Waals surface area contributed by atoms with E-state index in [1.54, 1.807) is 0 Å². The number of aliphatic hydroxyl groups excluding tert-OH is 1. The van der Waals surface area contributed by atoms with E-state index >= 15 is 0 Å². The minimum absolute atomic E-state index is 0.130. The molecular formula is C9H19NO. The predicted octanol–water partition coefficient (Wildman–Crippen LogP) is 1.27. The third-order valence-electron chi connectivity index (χ3n) is 2.57. The maximum absolute atomic E-state index is 9.14. The van der Waals surface area contributed by atoms with E-state index < -0.39 is 0 Å². The molecule has 1 fully saturated rings. The van der Waals surface area contributed by atoms with Crippen LogP contribution in [0.1, 0.15) is 39.0 Å². The number of nitrogens with two attached hydrogens (primary N) is 1. The quantitative estimate of drug-likeness (QED) is 0.634. The summed E-state index contributed by atoms with van der Waals surface area (Å²) in [6, 6.07) is 0.431. The summed E-state index contributed by atoms with van der Waals surface area (Å²) in [6.07, 6.45) is 5.56. The molecular weight excluding hydrogens is 138 g/mol. The number of aliphatic hydroxyl groups is 1. The summed E-state index contributed by atoms with van der Waals surface area (Å²) < 4.78 is 0. The van der Waals surface area contributed by atoms with Gasteiger partial charge in [-0.25, -0.2) is 0 Å². The van der Waals surface area contributed by atoms with Crippen LogP contribution in [0.3, 0.4) is 0 Å². The van der Waals surface area contributed by atoms with E-state index in [9.17, 15) is 0 Å². The average molecular weight is 157 g/mol. The zero-order valence-corrected chi connectivity index (χ0v) is 7.29. The first-order valence-electron chi connectivity index (χ1n) is 4.62. The van der Waals surface area contributed by atoms with Gasteiger partial charge in [0.15, 0.2) is 0 Å². The minimum Gasteiger partial charge on any atom is -0.393 e. The summed E-state index contributed by atoms with van der Waals surface area (Å²) in [5.74, 6) is 0.731. The summed E-state index contributed by atoms with van der Waals surface area (Å²) in [7, 11) is 0. The van der Waals surface area contributed by atoms with Crippen molar-refractivity contribution in [2.24, 2.45) is 11.7 Å². The fraction of sp³-hybridized carbons (Fsp3) is 1.00. The molecule has 66 valence electrons. The molecule has 0 bridgehead atoms. The monoisotopic (exact) mass is 157 g/mol. The lowest BCUT2D eigenvalue weighted by molar-refractivity contribution is 0.144. The largest absolute Gasteiger partial charge is 0.393 e. The van der Waals surface area contributed by atoms with Gasteiger partial charge >= 0.3 is 0 Å². The predicted molar refractivity (Wildman–Crippen MR) is 46.2 cm³/mol. The Balaban J connectivity index is 2.17. The molecule has 0 aromatic carbocycles. The van der Waals surface area contributed by atoms with E-state index in [-0.39, 0.29) is 6.10 Å². The van der Waals surface area contributed by atoms with Gasteiger partial charge in [-0.1, -0.05) is 0 Å². The molecule has 0 radical (unpaired) electrons. The van der Waals surface area contributed by atoms with Crippen molar-refractivity contribution >= 4 is 0 Å². The first kappa shape index (κ1) is 9.01. The molecule has 1 aliphatic carbocycles. The molecule has 0 heterocycles. The maximum Gasteiger partial charge on any atom is 0.0514 e. The Hall–Kier alpha value is -0.0800. The molecule has 2 nitrogen and oxygen atoms in total. The molecule has 11 heavy (non-hydrogen) atoms. The molecule has 1 atom stereocenters. The Bertz CT molecular complexity index is 106. The van der Waals surface area contributed by atoms with Gasteiger partial charge in [0.1, 0.15) is 0 Å². The molecule has 0 aromatic rings. The van der Waals surface area contributed by atoms with Crippen LogP contribution in [-0.2, 0) is 0 Å². The lowest BCUT2D eigenvalue weighted by Crippen LogP contribution is -2.27. The normalized spacial score (nSPS) is 35.2. The van der Waals surface area contributed by atoms with E-state index in [1.807, 2.05) is 6.92 Å². The third-order valence-corrected chi connectivity index (χ3v) is 2.57. The second-order valence-corrected chi connectivity index (χ2v) is 3.87. The third kappa shape index (κ3) is 3.21. The summed E-state index contributed by atoms with van der Waals surface area (Å²) in [5, 5.41) is 9.14. The van der Waals surface area contributed by atoms with E-state index in [1.165, 1.54) is 12.8 Å². The van der Waals surface area contributed by atoms with Crippen molar-refractivity contribution < 1.29 is 5.11 Å². The van der Waals surface area contributed by atoms with Gasteiger partial charge in [0.2, 0.25) is 0 Å². The van der Waals surface area contributed by atoms with Crippen LogP contribution in [0.4, 0.5) is 0 Å². The fourth-order valence-electron chi connectivity index (χ4n) is 1.91. The highest BCUT2D eigenvalue weighted by molar-refractivity contribution is 4.75. The molecule has 1 saturated carbocycles. The highest BCUT2D eigenvalue weighted by atomic mass is 16.3. The topological polar surface area (TPSA) is 46.2 Å². The van der Waals surface area contributed by atoms with Gasteiger partial charge in [0.05, 0.1) is 6.10 Å². The van der Waals surface area contributed by atoms with Crippen LogP contribution >= 0.6 is 0 Å². The molecule has 1 unspecified atom stereocenters. The number of hydrogen-bond acceptors (Lipinski definition) is 2.